The van der Waals surface area contributed by atoms with E-state index in [-0.39, 0.29) is 0 Å². The molecule has 1 aromatic carbocycles. The molecule has 2 heteroatoms. The highest BCUT2D eigenvalue weighted by Crippen LogP contribution is 2.23. The smallest absolute Gasteiger partial charge is 0.128 e. The molecule has 0 heterocycles. The molecule has 0 aliphatic carbocycles. The van der Waals surface area contributed by atoms with E-state index in [0.717, 1.165) is 16.9 Å². The van der Waals surface area contributed by atoms with E-state index in [0.29, 0.717) is 12.0 Å². The van der Waals surface area contributed by atoms with E-state index in [1.807, 2.05) is 38.0 Å². The maximum atomic E-state index is 10.6. The first-order chi connectivity index (χ1) is 6.72. The van der Waals surface area contributed by atoms with Gasteiger partial charge < -0.3 is 4.74 Å². The van der Waals surface area contributed by atoms with Crippen LogP contribution in [0.1, 0.15) is 24.5 Å². The van der Waals surface area contributed by atoms with Gasteiger partial charge in [0.05, 0.1) is 7.11 Å². The molecule has 0 spiro atoms. The Bertz CT molecular complexity index is 374. The Morgan fingerprint density at radius 3 is 2.71 bits per heavy atom. The van der Waals surface area contributed by atoms with Crippen molar-refractivity contribution in [3.63, 3.8) is 0 Å². The third kappa shape index (κ3) is 2.04. The molecule has 0 unspecified atom stereocenters. The summed E-state index contributed by atoms with van der Waals surface area (Å²) < 4.78 is 5.18. The average Bonchev–Trinajstić information content (AvgIpc) is 2.22. The Morgan fingerprint density at radius 2 is 2.21 bits per heavy atom. The van der Waals surface area contributed by atoms with Crippen molar-refractivity contribution < 1.29 is 9.53 Å². The van der Waals surface area contributed by atoms with Gasteiger partial charge in [-0.1, -0.05) is 19.1 Å². The SMILES string of the molecule is CCC(=C=O)c1ccc(C)c(OC)c1. The molecule has 0 atom stereocenters. The third-order valence-corrected chi connectivity index (χ3v) is 2.23. The van der Waals surface area contributed by atoms with Crippen LogP contribution >= 0.6 is 0 Å². The van der Waals surface area contributed by atoms with E-state index in [1.165, 1.54) is 0 Å². The first kappa shape index (κ1) is 10.6. The second kappa shape index (κ2) is 4.64. The number of aryl methyl sites for hydroxylation is 1. The zero-order valence-electron chi connectivity index (χ0n) is 8.76. The lowest BCUT2D eigenvalue weighted by Crippen LogP contribution is -1.90. The zero-order valence-corrected chi connectivity index (χ0v) is 8.76. The number of carbonyl (C=O) groups excluding carboxylic acids is 1. The molecule has 14 heavy (non-hydrogen) atoms. The maximum Gasteiger partial charge on any atom is 0.128 e. The van der Waals surface area contributed by atoms with Gasteiger partial charge in [0.2, 0.25) is 0 Å². The van der Waals surface area contributed by atoms with Gasteiger partial charge in [-0.15, -0.1) is 0 Å². The first-order valence-corrected chi connectivity index (χ1v) is 4.62. The fraction of sp³-hybridized carbons (Fsp3) is 0.333. The van der Waals surface area contributed by atoms with E-state index in [1.54, 1.807) is 7.11 Å². The molecule has 0 saturated carbocycles. The summed E-state index contributed by atoms with van der Waals surface area (Å²) in [6.45, 7) is 3.91. The number of benzene rings is 1. The molecule has 2 nitrogen and oxygen atoms in total. The van der Waals surface area contributed by atoms with Gasteiger partial charge in [0.15, 0.2) is 0 Å². The molecule has 0 saturated heterocycles. The number of hydrogen-bond donors (Lipinski definition) is 0. The molecule has 0 aromatic heterocycles. The lowest BCUT2D eigenvalue weighted by atomic mass is 10.0. The lowest BCUT2D eigenvalue weighted by Gasteiger charge is -2.07. The van der Waals surface area contributed by atoms with Crippen LogP contribution in [0.4, 0.5) is 0 Å². The molecule has 0 radical (unpaired) electrons. The van der Waals surface area contributed by atoms with Crippen molar-refractivity contribution in [2.75, 3.05) is 7.11 Å². The Balaban J connectivity index is 3.18. The molecular formula is C12H14O2. The second-order valence-electron chi connectivity index (χ2n) is 3.12. The quantitative estimate of drug-likeness (QED) is 0.685. The molecule has 0 bridgehead atoms. The fourth-order valence-electron chi connectivity index (χ4n) is 1.34. The summed E-state index contributed by atoms with van der Waals surface area (Å²) in [5.74, 6) is 2.76. The largest absolute Gasteiger partial charge is 0.496 e. The Morgan fingerprint density at radius 1 is 1.50 bits per heavy atom. The number of rotatable bonds is 3. The van der Waals surface area contributed by atoms with Crippen LogP contribution < -0.4 is 4.74 Å². The van der Waals surface area contributed by atoms with Crippen LogP contribution in [0.15, 0.2) is 18.2 Å². The minimum absolute atomic E-state index is 0.684. The molecule has 0 aliphatic rings. The summed E-state index contributed by atoms with van der Waals surface area (Å²) in [6.07, 6.45) is 0.690. The predicted octanol–water partition coefficient (Wildman–Crippen LogP) is 2.63. The van der Waals surface area contributed by atoms with E-state index in [9.17, 15) is 4.79 Å². The second-order valence-corrected chi connectivity index (χ2v) is 3.12. The summed E-state index contributed by atoms with van der Waals surface area (Å²) in [5, 5.41) is 0. The van der Waals surface area contributed by atoms with Crippen LogP contribution in [0, 0.1) is 6.92 Å². The standard InChI is InChI=1S/C12H14O2/c1-4-10(8-13)11-6-5-9(2)12(7-11)14-3/h5-7H,4H2,1-3H3. The number of allylic oxidation sites excluding steroid dienone is 1. The van der Waals surface area contributed by atoms with E-state index in [2.05, 4.69) is 0 Å². The monoisotopic (exact) mass is 190 g/mol. The summed E-state index contributed by atoms with van der Waals surface area (Å²) in [6, 6.07) is 5.74. The Labute approximate surface area is 84.2 Å². The molecular weight excluding hydrogens is 176 g/mol. The Kier molecular flexibility index (Phi) is 3.49. The topological polar surface area (TPSA) is 26.3 Å². The highest BCUT2D eigenvalue weighted by Gasteiger charge is 2.04. The van der Waals surface area contributed by atoms with Crippen molar-refractivity contribution in [3.8, 4) is 5.75 Å². The highest BCUT2D eigenvalue weighted by molar-refractivity contribution is 5.87. The van der Waals surface area contributed by atoms with Gasteiger partial charge in [-0.25, -0.2) is 4.79 Å². The predicted molar refractivity (Wildman–Crippen MR) is 57.1 cm³/mol. The molecule has 0 amide bonds. The van der Waals surface area contributed by atoms with Crippen LogP contribution in [0.25, 0.3) is 5.57 Å². The average molecular weight is 190 g/mol. The van der Waals surface area contributed by atoms with Crippen molar-refractivity contribution >= 4 is 11.5 Å². The van der Waals surface area contributed by atoms with Gasteiger partial charge in [0.25, 0.3) is 0 Å². The first-order valence-electron chi connectivity index (χ1n) is 4.62. The summed E-state index contributed by atoms with van der Waals surface area (Å²) in [4.78, 5) is 10.6. The van der Waals surface area contributed by atoms with Crippen molar-refractivity contribution in [2.45, 2.75) is 20.3 Å². The van der Waals surface area contributed by atoms with Crippen LogP contribution in [0.2, 0.25) is 0 Å². The summed E-state index contributed by atoms with van der Waals surface area (Å²) in [7, 11) is 1.63. The van der Waals surface area contributed by atoms with Crippen LogP contribution in [-0.2, 0) is 4.79 Å². The Hall–Kier alpha value is -1.53. The number of hydrogen-bond acceptors (Lipinski definition) is 2. The number of ether oxygens (including phenoxy) is 1. The molecule has 74 valence electrons. The molecule has 0 aliphatic heterocycles. The van der Waals surface area contributed by atoms with Gasteiger partial charge in [0, 0.05) is 5.57 Å². The van der Waals surface area contributed by atoms with Crippen LogP contribution in [-0.4, -0.2) is 13.1 Å². The number of methoxy groups -OCH3 is 1. The van der Waals surface area contributed by atoms with E-state index < -0.39 is 0 Å². The third-order valence-electron chi connectivity index (χ3n) is 2.23. The van der Waals surface area contributed by atoms with Gasteiger partial charge in [-0.2, -0.15) is 0 Å². The molecule has 1 aromatic rings. The lowest BCUT2D eigenvalue weighted by molar-refractivity contribution is 0.411. The molecule has 1 rings (SSSR count). The summed E-state index contributed by atoms with van der Waals surface area (Å²) in [5.41, 5.74) is 2.64. The van der Waals surface area contributed by atoms with Crippen molar-refractivity contribution in [3.05, 3.63) is 29.3 Å². The van der Waals surface area contributed by atoms with Crippen LogP contribution in [0.5, 0.6) is 5.75 Å². The van der Waals surface area contributed by atoms with Gasteiger partial charge in [0.1, 0.15) is 11.7 Å². The zero-order chi connectivity index (χ0) is 10.6. The van der Waals surface area contributed by atoms with Gasteiger partial charge >= 0.3 is 0 Å². The molecule has 0 N–H and O–H groups in total. The van der Waals surface area contributed by atoms with Crippen molar-refractivity contribution in [1.82, 2.24) is 0 Å². The fourth-order valence-corrected chi connectivity index (χ4v) is 1.34. The van der Waals surface area contributed by atoms with Crippen LogP contribution in [0.3, 0.4) is 0 Å². The summed E-state index contributed by atoms with van der Waals surface area (Å²) >= 11 is 0. The van der Waals surface area contributed by atoms with Gasteiger partial charge in [-0.3, -0.25) is 0 Å². The van der Waals surface area contributed by atoms with E-state index in [4.69, 9.17) is 4.74 Å². The molecule has 0 fully saturated rings. The van der Waals surface area contributed by atoms with E-state index >= 15 is 0 Å². The highest BCUT2D eigenvalue weighted by atomic mass is 16.5. The van der Waals surface area contributed by atoms with Gasteiger partial charge in [-0.05, 0) is 30.5 Å². The minimum Gasteiger partial charge on any atom is -0.496 e. The minimum atomic E-state index is 0.684. The normalized spacial score (nSPS) is 9.36. The maximum absolute atomic E-state index is 10.6. The van der Waals surface area contributed by atoms with Crippen molar-refractivity contribution in [1.29, 1.82) is 0 Å². The van der Waals surface area contributed by atoms with Crippen molar-refractivity contribution in [2.24, 2.45) is 0 Å².